The summed E-state index contributed by atoms with van der Waals surface area (Å²) in [6.07, 6.45) is 3.97. The van der Waals surface area contributed by atoms with Crippen molar-refractivity contribution < 1.29 is 4.79 Å². The van der Waals surface area contributed by atoms with Gasteiger partial charge in [-0.1, -0.05) is 36.4 Å². The first-order valence-electron chi connectivity index (χ1n) is 10.3. The Labute approximate surface area is 184 Å². The number of hydrogen-bond acceptors (Lipinski definition) is 5. The van der Waals surface area contributed by atoms with Gasteiger partial charge in [0.15, 0.2) is 0 Å². The van der Waals surface area contributed by atoms with Gasteiger partial charge in [-0.3, -0.25) is 19.1 Å². The molecule has 0 radical (unpaired) electrons. The molecule has 1 amide bonds. The Morgan fingerprint density at radius 3 is 2.58 bits per heavy atom. The molecule has 0 aliphatic carbocycles. The summed E-state index contributed by atoms with van der Waals surface area (Å²) in [6, 6.07) is 15.7. The van der Waals surface area contributed by atoms with E-state index < -0.39 is 0 Å². The van der Waals surface area contributed by atoms with E-state index in [2.05, 4.69) is 9.97 Å². The van der Waals surface area contributed by atoms with Crippen LogP contribution in [0.1, 0.15) is 33.4 Å². The average molecular weight is 433 g/mol. The van der Waals surface area contributed by atoms with Gasteiger partial charge in [-0.05, 0) is 37.1 Å². The first kappa shape index (κ1) is 20.9. The number of amides is 1. The number of thiophene rings is 1. The quantitative estimate of drug-likeness (QED) is 0.442. The monoisotopic (exact) mass is 432 g/mol. The van der Waals surface area contributed by atoms with Gasteiger partial charge in [0.05, 0.1) is 16.6 Å². The van der Waals surface area contributed by atoms with Gasteiger partial charge in [0.25, 0.3) is 11.5 Å². The van der Waals surface area contributed by atoms with Crippen LogP contribution in [0.2, 0.25) is 0 Å². The van der Waals surface area contributed by atoms with Crippen molar-refractivity contribution in [3.05, 3.63) is 93.1 Å². The van der Waals surface area contributed by atoms with Crippen molar-refractivity contribution >= 4 is 27.5 Å². The predicted octanol–water partition coefficient (Wildman–Crippen LogP) is 4.07. The second-order valence-corrected chi connectivity index (χ2v) is 8.35. The van der Waals surface area contributed by atoms with Crippen molar-refractivity contribution in [2.75, 3.05) is 6.54 Å². The second kappa shape index (κ2) is 9.22. The lowest BCUT2D eigenvalue weighted by atomic mass is 10.1. The van der Waals surface area contributed by atoms with Gasteiger partial charge in [-0.25, -0.2) is 4.98 Å². The number of aryl methyl sites for hydroxylation is 2. The highest BCUT2D eigenvalue weighted by molar-refractivity contribution is 7.20. The maximum absolute atomic E-state index is 13.6. The number of aromatic nitrogens is 3. The van der Waals surface area contributed by atoms with Gasteiger partial charge < -0.3 is 4.90 Å². The zero-order valence-electron chi connectivity index (χ0n) is 17.6. The van der Waals surface area contributed by atoms with E-state index in [4.69, 9.17) is 0 Å². The smallest absolute Gasteiger partial charge is 0.264 e. The lowest BCUT2D eigenvalue weighted by Gasteiger charge is -2.22. The summed E-state index contributed by atoms with van der Waals surface area (Å²) in [7, 11) is 0. The predicted molar refractivity (Wildman–Crippen MR) is 123 cm³/mol. The zero-order valence-corrected chi connectivity index (χ0v) is 18.4. The van der Waals surface area contributed by atoms with E-state index in [1.165, 1.54) is 11.3 Å². The molecule has 0 N–H and O–H groups in total. The molecule has 0 aliphatic heterocycles. The molecule has 4 rings (SSSR count). The molecule has 0 aliphatic rings. The molecule has 0 atom stereocenters. The van der Waals surface area contributed by atoms with Crippen LogP contribution in [-0.4, -0.2) is 31.9 Å². The molecule has 158 valence electrons. The molecule has 3 aromatic heterocycles. The molecular weight excluding hydrogens is 408 g/mol. The Balaban J connectivity index is 1.68. The molecule has 0 saturated heterocycles. The molecular formula is C24H24N4O2S. The second-order valence-electron chi connectivity index (χ2n) is 7.36. The average Bonchev–Trinajstić information content (AvgIpc) is 3.15. The summed E-state index contributed by atoms with van der Waals surface area (Å²) >= 11 is 1.29. The highest BCUT2D eigenvalue weighted by Gasteiger charge is 2.24. The molecule has 0 bridgehead atoms. The van der Waals surface area contributed by atoms with Crippen LogP contribution in [-0.2, 0) is 19.5 Å². The third kappa shape index (κ3) is 4.41. The molecule has 1 aromatic carbocycles. The Morgan fingerprint density at radius 1 is 1.10 bits per heavy atom. The lowest BCUT2D eigenvalue weighted by Crippen LogP contribution is -2.32. The van der Waals surface area contributed by atoms with E-state index >= 15 is 0 Å². The molecule has 31 heavy (non-hydrogen) atoms. The highest BCUT2D eigenvalue weighted by Crippen LogP contribution is 2.28. The van der Waals surface area contributed by atoms with E-state index in [1.807, 2.05) is 67.3 Å². The summed E-state index contributed by atoms with van der Waals surface area (Å²) in [6.45, 7) is 5.32. The van der Waals surface area contributed by atoms with Crippen molar-refractivity contribution in [2.45, 2.75) is 33.4 Å². The summed E-state index contributed by atoms with van der Waals surface area (Å²) in [5.41, 5.74) is 2.61. The van der Waals surface area contributed by atoms with E-state index in [0.29, 0.717) is 46.7 Å². The van der Waals surface area contributed by atoms with Crippen LogP contribution in [0.3, 0.4) is 0 Å². The molecule has 3 heterocycles. The standard InChI is InChI=1S/C24H24N4O2S/c1-3-27-16-26-22-20(23(27)29)17(2)21(31-22)24(30)28(15-18-9-5-4-6-10-18)14-12-19-11-7-8-13-25-19/h4-11,13,16H,3,12,14-15H2,1-2H3. The van der Waals surface area contributed by atoms with E-state index in [1.54, 1.807) is 17.1 Å². The van der Waals surface area contributed by atoms with Crippen molar-refractivity contribution in [3.63, 3.8) is 0 Å². The SMILES string of the molecule is CCn1cnc2sc(C(=O)N(CCc3ccccn3)Cc3ccccc3)c(C)c2c1=O. The summed E-state index contributed by atoms with van der Waals surface area (Å²) in [4.78, 5) is 38.2. The summed E-state index contributed by atoms with van der Waals surface area (Å²) in [5, 5.41) is 0.544. The first-order chi connectivity index (χ1) is 15.1. The topological polar surface area (TPSA) is 68.1 Å². The van der Waals surface area contributed by atoms with Gasteiger partial charge in [0.1, 0.15) is 4.83 Å². The van der Waals surface area contributed by atoms with Crippen molar-refractivity contribution in [3.8, 4) is 0 Å². The highest BCUT2D eigenvalue weighted by atomic mass is 32.1. The Bertz CT molecular complexity index is 1250. The maximum Gasteiger partial charge on any atom is 0.264 e. The number of hydrogen-bond donors (Lipinski definition) is 0. The van der Waals surface area contributed by atoms with Crippen LogP contribution in [0.5, 0.6) is 0 Å². The molecule has 0 spiro atoms. The number of pyridine rings is 1. The normalized spacial score (nSPS) is 11.0. The Morgan fingerprint density at radius 2 is 1.87 bits per heavy atom. The van der Waals surface area contributed by atoms with Crippen molar-refractivity contribution in [1.82, 2.24) is 19.4 Å². The van der Waals surface area contributed by atoms with Gasteiger partial charge in [-0.15, -0.1) is 11.3 Å². The molecule has 0 saturated carbocycles. The van der Waals surface area contributed by atoms with E-state index in [0.717, 1.165) is 11.3 Å². The summed E-state index contributed by atoms with van der Waals surface area (Å²) in [5.74, 6) is -0.0808. The van der Waals surface area contributed by atoms with Gasteiger partial charge in [0, 0.05) is 37.9 Å². The fraction of sp³-hybridized carbons (Fsp3) is 0.250. The Hall–Kier alpha value is -3.32. The van der Waals surface area contributed by atoms with Gasteiger partial charge in [-0.2, -0.15) is 0 Å². The van der Waals surface area contributed by atoms with Crippen LogP contribution in [0.4, 0.5) is 0 Å². The maximum atomic E-state index is 13.6. The van der Waals surface area contributed by atoms with Crippen LogP contribution in [0.15, 0.2) is 65.8 Å². The van der Waals surface area contributed by atoms with Crippen LogP contribution >= 0.6 is 11.3 Å². The molecule has 0 fully saturated rings. The minimum Gasteiger partial charge on any atom is -0.333 e. The van der Waals surface area contributed by atoms with Crippen molar-refractivity contribution in [1.29, 1.82) is 0 Å². The summed E-state index contributed by atoms with van der Waals surface area (Å²) < 4.78 is 1.57. The minimum absolute atomic E-state index is 0.0808. The largest absolute Gasteiger partial charge is 0.333 e. The molecule has 6 nitrogen and oxygen atoms in total. The van der Waals surface area contributed by atoms with Crippen LogP contribution < -0.4 is 5.56 Å². The van der Waals surface area contributed by atoms with Crippen LogP contribution in [0.25, 0.3) is 10.2 Å². The number of rotatable bonds is 7. The first-order valence-corrected chi connectivity index (χ1v) is 11.1. The third-order valence-corrected chi connectivity index (χ3v) is 6.51. The van der Waals surface area contributed by atoms with Gasteiger partial charge in [0.2, 0.25) is 0 Å². The minimum atomic E-state index is -0.0941. The third-order valence-electron chi connectivity index (χ3n) is 5.32. The molecule has 0 unspecified atom stereocenters. The molecule has 4 aromatic rings. The fourth-order valence-corrected chi connectivity index (χ4v) is 4.69. The van der Waals surface area contributed by atoms with Gasteiger partial charge >= 0.3 is 0 Å². The van der Waals surface area contributed by atoms with E-state index in [9.17, 15) is 9.59 Å². The number of nitrogens with zero attached hydrogens (tertiary/aromatic N) is 4. The van der Waals surface area contributed by atoms with Crippen LogP contribution in [0, 0.1) is 6.92 Å². The number of carbonyl (C=O) groups excluding carboxylic acids is 1. The fourth-order valence-electron chi connectivity index (χ4n) is 3.58. The lowest BCUT2D eigenvalue weighted by molar-refractivity contribution is 0.0749. The zero-order chi connectivity index (χ0) is 21.8. The number of carbonyl (C=O) groups is 1. The Kier molecular flexibility index (Phi) is 6.23. The number of fused-ring (bicyclic) bond motifs is 1. The van der Waals surface area contributed by atoms with Crippen molar-refractivity contribution in [2.24, 2.45) is 0 Å². The number of benzene rings is 1. The van der Waals surface area contributed by atoms with E-state index in [-0.39, 0.29) is 11.5 Å². The molecule has 7 heteroatoms.